The first-order valence-electron chi connectivity index (χ1n) is 5.44. The molecule has 0 aromatic rings. The second kappa shape index (κ2) is 5.74. The Morgan fingerprint density at radius 2 is 2.35 bits per heavy atom. The highest BCUT2D eigenvalue weighted by Gasteiger charge is 2.30. The maximum atomic E-state index is 12.0. The second-order valence-corrected chi connectivity index (χ2v) is 6.37. The van der Waals surface area contributed by atoms with E-state index >= 15 is 0 Å². The lowest BCUT2D eigenvalue weighted by molar-refractivity contribution is -0.122. The zero-order valence-electron chi connectivity index (χ0n) is 9.60. The number of carbonyl (C=O) groups excluding carboxylic acids is 1. The summed E-state index contributed by atoms with van der Waals surface area (Å²) in [5.41, 5.74) is 5.40. The van der Waals surface area contributed by atoms with Crippen molar-refractivity contribution in [2.24, 2.45) is 5.73 Å². The quantitative estimate of drug-likeness (QED) is 0.575. The van der Waals surface area contributed by atoms with Gasteiger partial charge in [-0.05, 0) is 12.8 Å². The van der Waals surface area contributed by atoms with Crippen molar-refractivity contribution in [1.82, 2.24) is 10.0 Å². The van der Waals surface area contributed by atoms with Crippen molar-refractivity contribution in [3.63, 3.8) is 0 Å². The van der Waals surface area contributed by atoms with Crippen molar-refractivity contribution < 1.29 is 13.2 Å². The number of nitrogens with one attached hydrogen (secondary N) is 2. The van der Waals surface area contributed by atoms with Crippen molar-refractivity contribution in [2.45, 2.75) is 37.5 Å². The van der Waals surface area contributed by atoms with Gasteiger partial charge in [0.05, 0.1) is 4.99 Å². The third-order valence-electron chi connectivity index (χ3n) is 2.66. The van der Waals surface area contributed by atoms with Crippen LogP contribution < -0.4 is 15.8 Å². The molecule has 2 unspecified atom stereocenters. The normalized spacial score (nSPS) is 22.9. The van der Waals surface area contributed by atoms with Gasteiger partial charge < -0.3 is 11.1 Å². The largest absolute Gasteiger partial charge is 0.392 e. The number of hydrogen-bond donors (Lipinski definition) is 3. The number of nitrogens with two attached hydrogens (primary N) is 1. The van der Waals surface area contributed by atoms with E-state index < -0.39 is 15.3 Å². The van der Waals surface area contributed by atoms with Crippen LogP contribution in [0, 0.1) is 0 Å². The van der Waals surface area contributed by atoms with Gasteiger partial charge >= 0.3 is 0 Å². The molecule has 8 heteroatoms. The Morgan fingerprint density at radius 1 is 1.71 bits per heavy atom. The molecule has 0 spiro atoms. The van der Waals surface area contributed by atoms with Gasteiger partial charge in [-0.1, -0.05) is 19.1 Å². The fourth-order valence-electron chi connectivity index (χ4n) is 1.72. The molecule has 1 amide bonds. The van der Waals surface area contributed by atoms with Gasteiger partial charge in [-0.2, -0.15) is 0 Å². The zero-order valence-corrected chi connectivity index (χ0v) is 11.2. The predicted octanol–water partition coefficient (Wildman–Crippen LogP) is -0.751. The first-order valence-corrected chi connectivity index (χ1v) is 7.39. The molecule has 6 nitrogen and oxygen atoms in total. The van der Waals surface area contributed by atoms with E-state index in [-0.39, 0.29) is 16.9 Å². The summed E-state index contributed by atoms with van der Waals surface area (Å²) in [4.78, 5) is 10.9. The zero-order chi connectivity index (χ0) is 13.1. The van der Waals surface area contributed by atoms with E-state index in [0.29, 0.717) is 25.8 Å². The van der Waals surface area contributed by atoms with Crippen LogP contribution in [0.15, 0.2) is 0 Å². The van der Waals surface area contributed by atoms with Gasteiger partial charge in [0.2, 0.25) is 15.9 Å². The maximum Gasteiger partial charge on any atom is 0.221 e. The number of thiocarbonyl (C=S) groups is 1. The van der Waals surface area contributed by atoms with Gasteiger partial charge in [0.25, 0.3) is 0 Å². The fourth-order valence-corrected chi connectivity index (χ4v) is 3.84. The van der Waals surface area contributed by atoms with Gasteiger partial charge in [-0.25, -0.2) is 13.1 Å². The summed E-state index contributed by atoms with van der Waals surface area (Å²) in [6.07, 6.45) is 1.17. The van der Waals surface area contributed by atoms with Gasteiger partial charge in [0, 0.05) is 19.0 Å². The molecule has 1 fully saturated rings. The van der Waals surface area contributed by atoms with Crippen LogP contribution in [0.1, 0.15) is 26.2 Å². The predicted molar refractivity (Wildman–Crippen MR) is 69.0 cm³/mol. The number of amides is 1. The maximum absolute atomic E-state index is 12.0. The van der Waals surface area contributed by atoms with E-state index in [1.165, 1.54) is 0 Å². The van der Waals surface area contributed by atoms with Crippen molar-refractivity contribution in [2.75, 3.05) is 6.54 Å². The van der Waals surface area contributed by atoms with Crippen LogP contribution in [0.25, 0.3) is 0 Å². The summed E-state index contributed by atoms with van der Waals surface area (Å²) < 4.78 is 26.5. The summed E-state index contributed by atoms with van der Waals surface area (Å²) in [6.45, 7) is 2.03. The topological polar surface area (TPSA) is 101 Å². The molecule has 0 bridgehead atoms. The molecule has 0 aromatic carbocycles. The van der Waals surface area contributed by atoms with Crippen molar-refractivity contribution in [3.05, 3.63) is 0 Å². The van der Waals surface area contributed by atoms with Crippen molar-refractivity contribution in [1.29, 1.82) is 0 Å². The lowest BCUT2D eigenvalue weighted by Gasteiger charge is -2.25. The Hall–Kier alpha value is -0.730. The van der Waals surface area contributed by atoms with Gasteiger partial charge in [-0.3, -0.25) is 4.79 Å². The lowest BCUT2D eigenvalue weighted by atomic mass is 10.1. The average Bonchev–Trinajstić information content (AvgIpc) is 2.21. The van der Waals surface area contributed by atoms with Crippen molar-refractivity contribution in [3.8, 4) is 0 Å². The summed E-state index contributed by atoms with van der Waals surface area (Å²) in [5.74, 6) is -0.0539. The molecule has 98 valence electrons. The Bertz CT molecular complexity index is 398. The SMILES string of the molecule is CCC(C(N)=S)S(=O)(=O)NC1CCC(=O)NC1. The highest BCUT2D eigenvalue weighted by molar-refractivity contribution is 7.93. The van der Waals surface area contributed by atoms with E-state index in [0.717, 1.165) is 0 Å². The molecule has 4 N–H and O–H groups in total. The minimum absolute atomic E-state index is 0.0279. The van der Waals surface area contributed by atoms with E-state index in [1.54, 1.807) is 6.92 Å². The molecule has 1 rings (SSSR count). The van der Waals surface area contributed by atoms with Crippen molar-refractivity contribution >= 4 is 33.1 Å². The Morgan fingerprint density at radius 3 is 2.76 bits per heavy atom. The second-order valence-electron chi connectivity index (χ2n) is 4.00. The van der Waals surface area contributed by atoms with Crippen LogP contribution in [0.5, 0.6) is 0 Å². The molecule has 0 saturated carbocycles. The van der Waals surface area contributed by atoms with Crippen LogP contribution >= 0.6 is 12.2 Å². The molecule has 0 aliphatic carbocycles. The minimum atomic E-state index is -3.56. The lowest BCUT2D eigenvalue weighted by Crippen LogP contribution is -2.51. The van der Waals surface area contributed by atoms with Gasteiger partial charge in [0.1, 0.15) is 5.25 Å². The number of piperidine rings is 1. The van der Waals surface area contributed by atoms with E-state index in [9.17, 15) is 13.2 Å². The fraction of sp³-hybridized carbons (Fsp3) is 0.778. The number of hydrogen-bond acceptors (Lipinski definition) is 4. The third kappa shape index (κ3) is 3.90. The molecule has 0 aromatic heterocycles. The van der Waals surface area contributed by atoms with Gasteiger partial charge in [0.15, 0.2) is 0 Å². The number of sulfonamides is 1. The Labute approximate surface area is 106 Å². The van der Waals surface area contributed by atoms with Crippen LogP contribution in [-0.2, 0) is 14.8 Å². The van der Waals surface area contributed by atoms with Gasteiger partial charge in [-0.15, -0.1) is 0 Å². The molecule has 1 aliphatic rings. The highest BCUT2D eigenvalue weighted by atomic mass is 32.2. The van der Waals surface area contributed by atoms with Crippen LogP contribution in [0.3, 0.4) is 0 Å². The molecular formula is C9H17N3O3S2. The van der Waals surface area contributed by atoms with Crippen LogP contribution in [0.2, 0.25) is 0 Å². The molecule has 1 aliphatic heterocycles. The molecule has 0 radical (unpaired) electrons. The Balaban J connectivity index is 2.66. The monoisotopic (exact) mass is 279 g/mol. The average molecular weight is 279 g/mol. The summed E-state index contributed by atoms with van der Waals surface area (Å²) in [6, 6.07) is -0.277. The number of rotatable bonds is 5. The summed E-state index contributed by atoms with van der Waals surface area (Å²) >= 11 is 4.74. The molecule has 2 atom stereocenters. The van der Waals surface area contributed by atoms with E-state index in [2.05, 4.69) is 10.0 Å². The third-order valence-corrected chi connectivity index (χ3v) is 5.09. The molecule has 1 heterocycles. The molecular weight excluding hydrogens is 262 g/mol. The first kappa shape index (κ1) is 14.3. The smallest absolute Gasteiger partial charge is 0.221 e. The van der Waals surface area contributed by atoms with E-state index in [1.807, 2.05) is 0 Å². The standard InChI is InChI=1S/C9H17N3O3S2/c1-2-7(9(10)16)17(14,15)12-6-3-4-8(13)11-5-6/h6-7,12H,2-5H2,1H3,(H2,10,16)(H,11,13). The van der Waals surface area contributed by atoms with Crippen LogP contribution in [0.4, 0.5) is 0 Å². The van der Waals surface area contributed by atoms with E-state index in [4.69, 9.17) is 18.0 Å². The highest BCUT2D eigenvalue weighted by Crippen LogP contribution is 2.09. The molecule has 1 saturated heterocycles. The van der Waals surface area contributed by atoms with Crippen LogP contribution in [-0.4, -0.2) is 37.2 Å². The first-order chi connectivity index (χ1) is 7.86. The molecule has 17 heavy (non-hydrogen) atoms. The summed E-state index contributed by atoms with van der Waals surface area (Å²) in [5, 5.41) is 1.76. The summed E-state index contributed by atoms with van der Waals surface area (Å²) in [7, 11) is -3.56. The Kier molecular flexibility index (Phi) is 4.84. The number of carbonyl (C=O) groups is 1. The minimum Gasteiger partial charge on any atom is -0.392 e.